The Morgan fingerprint density at radius 1 is 0.417 bits per heavy atom. The summed E-state index contributed by atoms with van der Waals surface area (Å²) in [5.74, 6) is 2.83. The van der Waals surface area contributed by atoms with Gasteiger partial charge in [0.05, 0.1) is 39.7 Å². The number of aliphatic hydroxyl groups is 4. The first-order valence-corrected chi connectivity index (χ1v) is 34.2. The van der Waals surface area contributed by atoms with Crippen LogP contribution in [0.4, 0.5) is 0 Å². The molecule has 0 spiro atoms. The van der Waals surface area contributed by atoms with Crippen LogP contribution in [0.25, 0.3) is 33.4 Å². The molecule has 498 valence electrons. The quantitative estimate of drug-likeness (QED) is 0.0217. The lowest BCUT2D eigenvalue weighted by molar-refractivity contribution is -0.932. The average molecular weight is 1290 g/mol. The van der Waals surface area contributed by atoms with E-state index in [4.69, 9.17) is 4.74 Å². The molecule has 0 unspecified atom stereocenters. The lowest BCUT2D eigenvalue weighted by atomic mass is 9.85. The van der Waals surface area contributed by atoms with Crippen LogP contribution in [0.2, 0.25) is 0 Å². The minimum absolute atomic E-state index is 0.125. The number of likely N-dealkylation sites (N-methyl/N-ethyl adjacent to an activating group) is 2. The SMILES string of the molecule is CN1CC(c2ccc(/C(=C(/CCCO)c3ccccc3)c3ccc(O)cc3)cc2)C1.C[N+]1(C)CC(c2ccc(/C(=C(/CCCO)c3ccccc3)c3ccc(O)cc3)cc2)C1.OCCC/C(=C(\c1ccc(O)cc1)c1ccc(OCCN2CCC[C@@H]2CO)cc1)c1ccccc1. The van der Waals surface area contributed by atoms with E-state index in [9.17, 15) is 35.7 Å². The Kier molecular flexibility index (Phi) is 25.3. The maximum Gasteiger partial charge on any atom is 0.119 e. The van der Waals surface area contributed by atoms with Gasteiger partial charge >= 0.3 is 0 Å². The second kappa shape index (κ2) is 34.7. The molecule has 11 nitrogen and oxygen atoms in total. The first-order valence-electron chi connectivity index (χ1n) is 34.2. The number of quaternary nitrogens is 1. The van der Waals surface area contributed by atoms with Crippen LogP contribution in [-0.2, 0) is 0 Å². The largest absolute Gasteiger partial charge is 0.508 e. The fourth-order valence-corrected chi connectivity index (χ4v) is 13.9. The van der Waals surface area contributed by atoms with Crippen LogP contribution in [-0.4, -0.2) is 150 Å². The molecule has 3 fully saturated rings. The van der Waals surface area contributed by atoms with Gasteiger partial charge in [-0.1, -0.05) is 188 Å². The molecule has 0 aliphatic carbocycles. The van der Waals surface area contributed by atoms with Crippen LogP contribution in [0.1, 0.15) is 124 Å². The van der Waals surface area contributed by atoms with Crippen LogP contribution in [0.5, 0.6) is 23.0 Å². The summed E-state index contributed by atoms with van der Waals surface area (Å²) in [5, 5.41) is 67.6. The summed E-state index contributed by atoms with van der Waals surface area (Å²) >= 11 is 0. The highest BCUT2D eigenvalue weighted by Crippen LogP contribution is 2.41. The van der Waals surface area contributed by atoms with Crippen LogP contribution in [0, 0.1) is 0 Å². The highest BCUT2D eigenvalue weighted by molar-refractivity contribution is 6.01. The number of phenols is 3. The number of aromatic hydroxyl groups is 3. The van der Waals surface area contributed by atoms with E-state index >= 15 is 0 Å². The Labute approximate surface area is 568 Å². The predicted molar refractivity (Wildman–Crippen MR) is 392 cm³/mol. The summed E-state index contributed by atoms with van der Waals surface area (Å²) in [6.07, 6.45) is 6.56. The van der Waals surface area contributed by atoms with Gasteiger partial charge in [0, 0.05) is 51.4 Å². The van der Waals surface area contributed by atoms with Crippen molar-refractivity contribution in [3.63, 3.8) is 0 Å². The molecular weight excluding hydrogens is 1190 g/mol. The van der Waals surface area contributed by atoms with E-state index in [1.807, 2.05) is 78.9 Å². The van der Waals surface area contributed by atoms with Gasteiger partial charge < -0.3 is 49.9 Å². The summed E-state index contributed by atoms with van der Waals surface area (Å²) in [6, 6.07) is 79.6. The van der Waals surface area contributed by atoms with E-state index in [1.165, 1.54) is 52.1 Å². The van der Waals surface area contributed by atoms with E-state index in [0.717, 1.165) is 124 Å². The maximum absolute atomic E-state index is 9.85. The summed E-state index contributed by atoms with van der Waals surface area (Å²) in [6.45, 7) is 7.68. The molecule has 3 aliphatic heterocycles. The van der Waals surface area contributed by atoms with E-state index < -0.39 is 0 Å². The van der Waals surface area contributed by atoms with Crippen molar-refractivity contribution in [2.75, 3.05) is 93.4 Å². The van der Waals surface area contributed by atoms with E-state index in [2.05, 4.69) is 152 Å². The molecule has 0 saturated carbocycles. The highest BCUT2D eigenvalue weighted by atomic mass is 16.5. The minimum Gasteiger partial charge on any atom is -0.508 e. The van der Waals surface area contributed by atoms with Crippen molar-refractivity contribution in [3.05, 3.63) is 298 Å². The lowest BCUT2D eigenvalue weighted by Gasteiger charge is -2.44. The molecular formula is C85H96N3O8+. The van der Waals surface area contributed by atoms with Crippen molar-refractivity contribution < 1.29 is 45.0 Å². The monoisotopic (exact) mass is 1290 g/mol. The van der Waals surface area contributed by atoms with Gasteiger partial charge in [-0.3, -0.25) is 4.90 Å². The van der Waals surface area contributed by atoms with Gasteiger partial charge in [-0.05, 0) is 208 Å². The van der Waals surface area contributed by atoms with Crippen molar-refractivity contribution in [2.45, 2.75) is 69.2 Å². The highest BCUT2D eigenvalue weighted by Gasteiger charge is 2.37. The van der Waals surface area contributed by atoms with Crippen molar-refractivity contribution in [1.82, 2.24) is 9.80 Å². The smallest absolute Gasteiger partial charge is 0.119 e. The Bertz CT molecular complexity index is 3920. The standard InChI is InChI=1S/C30H35NO4.C28H31NO2.C27H29NO2/c32-20-5-9-29(23-6-2-1-3-7-23)30(24-10-14-27(34)15-11-24)25-12-16-28(17-13-25)35-21-19-31-18-4-8-26(31)22-33;1-29(2)19-25(20-29)21-10-12-23(13-11-21)28(24-14-16-26(31)17-15-24)27(9-6-18-30)22-7-4-3-5-8-22;1-28-18-24(19-28)20-9-11-22(12-10-20)27(23-13-15-25(30)16-14-23)26(8-5-17-29)21-6-3-2-4-7-21/h1-3,6-7,10-17,26,32-34H,4-5,8-9,18-22H2;3-5,7-8,10-17,25,30H,6,9,18-20H2,1-2H3;2-4,6-7,9-16,24,29-30H,5,8,17-19H2,1H3/p+1/b30-29-;28-27+;27-26+/t26-;;/m1../s1. The average Bonchev–Trinajstić information content (AvgIpc) is 0.895. The predicted octanol–water partition coefficient (Wildman–Crippen LogP) is 15.4. The first kappa shape index (κ1) is 69.9. The van der Waals surface area contributed by atoms with Gasteiger partial charge in [-0.15, -0.1) is 0 Å². The Morgan fingerprint density at radius 3 is 1.07 bits per heavy atom. The maximum atomic E-state index is 9.85. The number of aliphatic hydroxyl groups excluding tert-OH is 4. The van der Waals surface area contributed by atoms with Gasteiger partial charge in [-0.25, -0.2) is 0 Å². The van der Waals surface area contributed by atoms with Crippen LogP contribution < -0.4 is 4.74 Å². The molecule has 0 radical (unpaired) electrons. The number of hydrogen-bond acceptors (Lipinski definition) is 10. The molecule has 9 aromatic carbocycles. The van der Waals surface area contributed by atoms with Crippen molar-refractivity contribution in [3.8, 4) is 23.0 Å². The topological polar surface area (TPSA) is 157 Å². The minimum atomic E-state index is 0.125. The fourth-order valence-electron chi connectivity index (χ4n) is 13.9. The molecule has 1 atom stereocenters. The Balaban J connectivity index is 0.000000157. The third kappa shape index (κ3) is 18.8. The number of phenolic OH excluding ortho intramolecular Hbond substituents is 3. The summed E-state index contributed by atoms with van der Waals surface area (Å²) in [5.41, 5.74) is 19.8. The van der Waals surface area contributed by atoms with Crippen molar-refractivity contribution >= 4 is 33.4 Å². The Morgan fingerprint density at radius 2 is 0.750 bits per heavy atom. The molecule has 3 aliphatic rings. The normalized spacial score (nSPS) is 16.3. The number of benzene rings is 9. The van der Waals surface area contributed by atoms with Gasteiger partial charge in [0.2, 0.25) is 0 Å². The molecule has 3 saturated heterocycles. The van der Waals surface area contributed by atoms with Crippen LogP contribution >= 0.6 is 0 Å². The van der Waals surface area contributed by atoms with E-state index in [1.54, 1.807) is 36.4 Å². The molecule has 3 heterocycles. The third-order valence-electron chi connectivity index (χ3n) is 18.8. The zero-order chi connectivity index (χ0) is 67.2. The second-order valence-corrected chi connectivity index (χ2v) is 26.3. The molecule has 96 heavy (non-hydrogen) atoms. The van der Waals surface area contributed by atoms with Gasteiger partial charge in [0.1, 0.15) is 29.6 Å². The van der Waals surface area contributed by atoms with Gasteiger partial charge in [0.25, 0.3) is 0 Å². The molecule has 0 bridgehead atoms. The molecule has 12 rings (SSSR count). The molecule has 7 N–H and O–H groups in total. The first-order chi connectivity index (χ1) is 46.8. The summed E-state index contributed by atoms with van der Waals surface area (Å²) < 4.78 is 7.11. The summed E-state index contributed by atoms with van der Waals surface area (Å²) in [7, 11) is 6.72. The lowest BCUT2D eigenvalue weighted by Crippen LogP contribution is -2.56. The van der Waals surface area contributed by atoms with E-state index in [-0.39, 0.29) is 49.7 Å². The fraction of sp³-hybridized carbons (Fsp3) is 0.294. The molecule has 0 aromatic heterocycles. The molecule has 9 aromatic rings. The number of likely N-dealkylation sites (tertiary alicyclic amines) is 3. The van der Waals surface area contributed by atoms with Gasteiger partial charge in [0.15, 0.2) is 0 Å². The van der Waals surface area contributed by atoms with Crippen LogP contribution in [0.15, 0.2) is 237 Å². The number of allylic oxidation sites excluding steroid dienone is 3. The second-order valence-electron chi connectivity index (χ2n) is 26.3. The number of ether oxygens (including phenoxy) is 1. The zero-order valence-corrected chi connectivity index (χ0v) is 56.1. The van der Waals surface area contributed by atoms with Gasteiger partial charge in [-0.2, -0.15) is 0 Å². The third-order valence-corrected chi connectivity index (χ3v) is 18.8. The molecule has 0 amide bonds. The summed E-state index contributed by atoms with van der Waals surface area (Å²) in [4.78, 5) is 4.64. The van der Waals surface area contributed by atoms with Crippen LogP contribution in [0.3, 0.4) is 0 Å². The Hall–Kier alpha value is -8.88. The zero-order valence-electron chi connectivity index (χ0n) is 56.1. The number of rotatable bonds is 25. The van der Waals surface area contributed by atoms with E-state index in [0.29, 0.717) is 37.7 Å². The number of nitrogens with zero attached hydrogens (tertiary/aromatic N) is 3. The number of hydrogen-bond donors (Lipinski definition) is 7. The van der Waals surface area contributed by atoms with Crippen molar-refractivity contribution in [2.24, 2.45) is 0 Å². The molecule has 11 heteroatoms. The van der Waals surface area contributed by atoms with Crippen molar-refractivity contribution in [1.29, 1.82) is 0 Å².